The molecule has 1 heterocycles. The maximum atomic E-state index is 11.7. The zero-order valence-electron chi connectivity index (χ0n) is 12.0. The highest BCUT2D eigenvalue weighted by Crippen LogP contribution is 2.21. The first-order valence-corrected chi connectivity index (χ1v) is 6.55. The highest BCUT2D eigenvalue weighted by Gasteiger charge is 2.27. The zero-order chi connectivity index (χ0) is 14.5. The average Bonchev–Trinajstić information content (AvgIpc) is 2.43. The number of nitrogens with one attached hydrogen (secondary N) is 2. The summed E-state index contributed by atoms with van der Waals surface area (Å²) in [7, 11) is 1.58. The second-order valence-electron chi connectivity index (χ2n) is 5.00. The average molecular weight is 265 g/mol. The molecule has 1 amide bonds. The Morgan fingerprint density at radius 2 is 2.26 bits per heavy atom. The van der Waals surface area contributed by atoms with Gasteiger partial charge in [-0.05, 0) is 25.0 Å². The summed E-state index contributed by atoms with van der Waals surface area (Å²) < 4.78 is 0. The third-order valence-corrected chi connectivity index (χ3v) is 3.57. The van der Waals surface area contributed by atoms with Crippen molar-refractivity contribution in [3.63, 3.8) is 0 Å². The molecule has 1 aromatic heterocycles. The molecule has 5 nitrogen and oxygen atoms in total. The Hall–Kier alpha value is -1.62. The molecule has 2 unspecified atom stereocenters. The highest BCUT2D eigenvalue weighted by atomic mass is 16.3. The topological polar surface area (TPSA) is 74.2 Å². The van der Waals surface area contributed by atoms with Crippen LogP contribution in [0.4, 0.5) is 5.82 Å². The van der Waals surface area contributed by atoms with Gasteiger partial charge in [-0.3, -0.25) is 4.79 Å². The summed E-state index contributed by atoms with van der Waals surface area (Å²) in [5, 5.41) is 16.0. The van der Waals surface area contributed by atoms with Gasteiger partial charge in [-0.1, -0.05) is 20.3 Å². The summed E-state index contributed by atoms with van der Waals surface area (Å²) in [6.45, 7) is 6.18. The van der Waals surface area contributed by atoms with Gasteiger partial charge in [-0.2, -0.15) is 0 Å². The molecule has 0 saturated carbocycles. The maximum Gasteiger partial charge on any atom is 0.254 e. The van der Waals surface area contributed by atoms with Crippen LogP contribution in [0.2, 0.25) is 0 Å². The number of hydrogen-bond acceptors (Lipinski definition) is 4. The maximum absolute atomic E-state index is 11.7. The Bertz CT molecular complexity index is 432. The predicted octanol–water partition coefficient (Wildman–Crippen LogP) is 1.65. The summed E-state index contributed by atoms with van der Waals surface area (Å²) in [6.07, 6.45) is 2.51. The molecule has 0 aliphatic heterocycles. The molecule has 0 aliphatic carbocycles. The van der Waals surface area contributed by atoms with Gasteiger partial charge in [0.25, 0.3) is 5.91 Å². The van der Waals surface area contributed by atoms with Gasteiger partial charge in [0.1, 0.15) is 5.82 Å². The third-order valence-electron chi connectivity index (χ3n) is 3.57. The second kappa shape index (κ2) is 6.52. The van der Waals surface area contributed by atoms with E-state index in [4.69, 9.17) is 0 Å². The molecule has 0 bridgehead atoms. The van der Waals surface area contributed by atoms with Gasteiger partial charge in [0.15, 0.2) is 0 Å². The molecule has 2 atom stereocenters. The Morgan fingerprint density at radius 1 is 1.58 bits per heavy atom. The van der Waals surface area contributed by atoms with E-state index in [9.17, 15) is 9.90 Å². The van der Waals surface area contributed by atoms with Crippen LogP contribution in [0, 0.1) is 5.92 Å². The quantitative estimate of drug-likeness (QED) is 0.731. The van der Waals surface area contributed by atoms with E-state index in [0.717, 1.165) is 6.42 Å². The van der Waals surface area contributed by atoms with Gasteiger partial charge in [-0.25, -0.2) is 4.98 Å². The van der Waals surface area contributed by atoms with E-state index >= 15 is 0 Å². The first-order chi connectivity index (χ1) is 8.92. The Labute approximate surface area is 114 Å². The van der Waals surface area contributed by atoms with Crippen molar-refractivity contribution in [3.8, 4) is 0 Å². The number of aromatic nitrogens is 1. The van der Waals surface area contributed by atoms with Crippen LogP contribution in [0.3, 0.4) is 0 Å². The van der Waals surface area contributed by atoms with E-state index in [1.807, 2.05) is 13.8 Å². The number of hydrogen-bond donors (Lipinski definition) is 3. The number of carbonyl (C=O) groups is 1. The second-order valence-corrected chi connectivity index (χ2v) is 5.00. The van der Waals surface area contributed by atoms with Crippen LogP contribution >= 0.6 is 0 Å². The lowest BCUT2D eigenvalue weighted by Crippen LogP contribution is -2.40. The molecular weight excluding hydrogens is 242 g/mol. The molecule has 5 heteroatoms. The third kappa shape index (κ3) is 3.92. The minimum Gasteiger partial charge on any atom is -0.388 e. The molecule has 0 fully saturated rings. The minimum absolute atomic E-state index is 0.159. The summed E-state index contributed by atoms with van der Waals surface area (Å²) in [5.74, 6) is 0.455. The number of amides is 1. The van der Waals surface area contributed by atoms with Crippen LogP contribution in [-0.4, -0.2) is 35.2 Å². The molecule has 1 aromatic rings. The normalized spacial score (nSPS) is 15.4. The van der Waals surface area contributed by atoms with Crippen molar-refractivity contribution < 1.29 is 9.90 Å². The number of nitrogens with zero attached hydrogens (tertiary/aromatic N) is 1. The van der Waals surface area contributed by atoms with Crippen molar-refractivity contribution in [2.75, 3.05) is 18.9 Å². The molecule has 0 aromatic carbocycles. The zero-order valence-corrected chi connectivity index (χ0v) is 12.0. The Kier molecular flexibility index (Phi) is 5.30. The van der Waals surface area contributed by atoms with Crippen molar-refractivity contribution in [2.24, 2.45) is 5.92 Å². The molecule has 19 heavy (non-hydrogen) atoms. The lowest BCUT2D eigenvalue weighted by Gasteiger charge is -2.30. The van der Waals surface area contributed by atoms with E-state index in [1.54, 1.807) is 32.3 Å². The predicted molar refractivity (Wildman–Crippen MR) is 76.2 cm³/mol. The number of anilines is 1. The van der Waals surface area contributed by atoms with Gasteiger partial charge in [-0.15, -0.1) is 0 Å². The standard InChI is InChI=1S/C14H23N3O2/c1-5-10(2)14(3,19)9-17-12-11(13(18)15-4)7-6-8-16-12/h6-8,10,19H,5,9H2,1-4H3,(H,15,18)(H,16,17). The van der Waals surface area contributed by atoms with E-state index in [1.165, 1.54) is 0 Å². The summed E-state index contributed by atoms with van der Waals surface area (Å²) in [5.41, 5.74) is -0.364. The van der Waals surface area contributed by atoms with E-state index in [2.05, 4.69) is 15.6 Å². The van der Waals surface area contributed by atoms with E-state index < -0.39 is 5.60 Å². The SMILES string of the molecule is CCC(C)C(C)(O)CNc1ncccc1C(=O)NC. The smallest absolute Gasteiger partial charge is 0.254 e. The molecule has 3 N–H and O–H groups in total. The molecule has 0 saturated heterocycles. The lowest BCUT2D eigenvalue weighted by atomic mass is 9.88. The fourth-order valence-corrected chi connectivity index (χ4v) is 1.74. The van der Waals surface area contributed by atoms with Gasteiger partial charge < -0.3 is 15.7 Å². The highest BCUT2D eigenvalue weighted by molar-refractivity contribution is 5.98. The molecule has 1 rings (SSSR count). The van der Waals surface area contributed by atoms with Gasteiger partial charge >= 0.3 is 0 Å². The summed E-state index contributed by atoms with van der Waals surface area (Å²) in [4.78, 5) is 15.8. The van der Waals surface area contributed by atoms with Gasteiger partial charge in [0, 0.05) is 19.8 Å². The van der Waals surface area contributed by atoms with Crippen molar-refractivity contribution >= 4 is 11.7 Å². The van der Waals surface area contributed by atoms with Gasteiger partial charge in [0.2, 0.25) is 0 Å². The minimum atomic E-state index is -0.841. The number of aliphatic hydroxyl groups is 1. The van der Waals surface area contributed by atoms with Crippen LogP contribution in [0.5, 0.6) is 0 Å². The molecule has 0 spiro atoms. The molecule has 106 valence electrons. The first kappa shape index (κ1) is 15.4. The van der Waals surface area contributed by atoms with E-state index in [-0.39, 0.29) is 11.8 Å². The first-order valence-electron chi connectivity index (χ1n) is 6.55. The van der Waals surface area contributed by atoms with Crippen LogP contribution in [0.1, 0.15) is 37.6 Å². The van der Waals surface area contributed by atoms with Crippen LogP contribution in [0.15, 0.2) is 18.3 Å². The number of carbonyl (C=O) groups excluding carboxylic acids is 1. The summed E-state index contributed by atoms with van der Waals surface area (Å²) in [6, 6.07) is 3.41. The fraction of sp³-hybridized carbons (Fsp3) is 0.571. The van der Waals surface area contributed by atoms with E-state index in [0.29, 0.717) is 17.9 Å². The monoisotopic (exact) mass is 265 g/mol. The largest absolute Gasteiger partial charge is 0.388 e. The van der Waals surface area contributed by atoms with Crippen molar-refractivity contribution in [3.05, 3.63) is 23.9 Å². The summed E-state index contributed by atoms with van der Waals surface area (Å²) >= 11 is 0. The van der Waals surface area contributed by atoms with Crippen LogP contribution < -0.4 is 10.6 Å². The fourth-order valence-electron chi connectivity index (χ4n) is 1.74. The molecule has 0 aliphatic rings. The van der Waals surface area contributed by atoms with Crippen LogP contribution in [-0.2, 0) is 0 Å². The van der Waals surface area contributed by atoms with Crippen LogP contribution in [0.25, 0.3) is 0 Å². The number of pyridine rings is 1. The molecular formula is C14H23N3O2. The molecule has 0 radical (unpaired) electrons. The Balaban J connectivity index is 2.81. The number of rotatable bonds is 6. The van der Waals surface area contributed by atoms with Gasteiger partial charge in [0.05, 0.1) is 11.2 Å². The lowest BCUT2D eigenvalue weighted by molar-refractivity contribution is 0.0175. The van der Waals surface area contributed by atoms with Crippen molar-refractivity contribution in [1.82, 2.24) is 10.3 Å². The van der Waals surface area contributed by atoms with Crippen molar-refractivity contribution in [2.45, 2.75) is 32.8 Å². The van der Waals surface area contributed by atoms with Crippen molar-refractivity contribution in [1.29, 1.82) is 0 Å². The Morgan fingerprint density at radius 3 is 2.84 bits per heavy atom.